The van der Waals surface area contributed by atoms with Crippen LogP contribution in [0.1, 0.15) is 18.4 Å². The molecular formula is C14H19NO5S. The third-order valence-electron chi connectivity index (χ3n) is 4.24. The fourth-order valence-electron chi connectivity index (χ4n) is 3.16. The van der Waals surface area contributed by atoms with Gasteiger partial charge in [0, 0.05) is 18.8 Å². The van der Waals surface area contributed by atoms with Gasteiger partial charge in [0.1, 0.15) is 0 Å². The third-order valence-corrected chi connectivity index (χ3v) is 6.53. The molecule has 3 atom stereocenters. The van der Waals surface area contributed by atoms with Gasteiger partial charge in [0.25, 0.3) is 0 Å². The number of sulfone groups is 1. The molecule has 1 heterocycles. The number of ether oxygens (including phenoxy) is 3. The van der Waals surface area contributed by atoms with Gasteiger partial charge >= 0.3 is 0 Å². The van der Waals surface area contributed by atoms with Gasteiger partial charge in [0.05, 0.1) is 17.4 Å². The van der Waals surface area contributed by atoms with Crippen LogP contribution in [0.5, 0.6) is 11.5 Å². The standard InChI is InChI=1S/C14H19NO5S/c1-3-21(16,17)13-12(14(13,15)7-18-2)9-4-5-10-11(6-9)20-8-19-10/h4-6,12-13H,3,7-8,15H2,1-2H3/t12-,13-,14-/m0/s1. The van der Waals surface area contributed by atoms with E-state index in [2.05, 4.69) is 0 Å². The Morgan fingerprint density at radius 3 is 2.76 bits per heavy atom. The molecule has 1 aromatic carbocycles. The maximum atomic E-state index is 12.3. The first kappa shape index (κ1) is 14.6. The second kappa shape index (κ2) is 4.86. The fraction of sp³-hybridized carbons (Fsp3) is 0.571. The van der Waals surface area contributed by atoms with Crippen molar-refractivity contribution in [3.05, 3.63) is 23.8 Å². The molecule has 2 N–H and O–H groups in total. The molecule has 0 bridgehead atoms. The van der Waals surface area contributed by atoms with Gasteiger partial charge in [0.15, 0.2) is 21.3 Å². The van der Waals surface area contributed by atoms with Gasteiger partial charge in [0.2, 0.25) is 6.79 Å². The van der Waals surface area contributed by atoms with Crippen LogP contribution in [0.3, 0.4) is 0 Å². The minimum atomic E-state index is -3.24. The summed E-state index contributed by atoms with van der Waals surface area (Å²) >= 11 is 0. The van der Waals surface area contributed by atoms with Gasteiger partial charge in [-0.2, -0.15) is 0 Å². The first-order valence-electron chi connectivity index (χ1n) is 6.83. The average Bonchev–Trinajstić information content (AvgIpc) is 2.84. The molecular weight excluding hydrogens is 294 g/mol. The molecule has 0 spiro atoms. The van der Waals surface area contributed by atoms with Crippen LogP contribution in [-0.4, -0.2) is 45.5 Å². The predicted octanol–water partition coefficient (Wildman–Crippen LogP) is 0.660. The molecule has 0 unspecified atom stereocenters. The van der Waals surface area contributed by atoms with Crippen molar-refractivity contribution in [1.29, 1.82) is 0 Å². The van der Waals surface area contributed by atoms with Gasteiger partial charge < -0.3 is 19.9 Å². The second-order valence-corrected chi connectivity index (χ2v) is 7.92. The molecule has 0 radical (unpaired) electrons. The molecule has 2 aliphatic rings. The normalized spacial score (nSPS) is 30.4. The second-order valence-electron chi connectivity index (χ2n) is 5.51. The van der Waals surface area contributed by atoms with Crippen LogP contribution in [0, 0.1) is 0 Å². The highest BCUT2D eigenvalue weighted by Crippen LogP contribution is 2.55. The zero-order valence-electron chi connectivity index (χ0n) is 12.0. The van der Waals surface area contributed by atoms with Crippen LogP contribution in [0.4, 0.5) is 0 Å². The summed E-state index contributed by atoms with van der Waals surface area (Å²) in [5, 5.41) is -0.615. The van der Waals surface area contributed by atoms with Crippen molar-refractivity contribution in [2.45, 2.75) is 23.6 Å². The van der Waals surface area contributed by atoms with Gasteiger partial charge in [-0.25, -0.2) is 8.42 Å². The van der Waals surface area contributed by atoms with E-state index in [1.165, 1.54) is 7.11 Å². The molecule has 1 aliphatic heterocycles. The Balaban J connectivity index is 1.97. The molecule has 0 saturated heterocycles. The number of hydrogen-bond donors (Lipinski definition) is 1. The lowest BCUT2D eigenvalue weighted by molar-refractivity contribution is 0.171. The number of benzene rings is 1. The zero-order valence-corrected chi connectivity index (χ0v) is 12.9. The Hall–Kier alpha value is -1.31. The Morgan fingerprint density at radius 1 is 1.38 bits per heavy atom. The van der Waals surface area contributed by atoms with E-state index in [1.807, 2.05) is 12.1 Å². The maximum absolute atomic E-state index is 12.3. The lowest BCUT2D eigenvalue weighted by atomic mass is 10.1. The zero-order chi connectivity index (χ0) is 15.3. The van der Waals surface area contributed by atoms with Gasteiger partial charge in [-0.05, 0) is 17.7 Å². The molecule has 0 amide bonds. The van der Waals surface area contributed by atoms with Crippen molar-refractivity contribution in [2.24, 2.45) is 5.73 Å². The van der Waals surface area contributed by atoms with Crippen molar-refractivity contribution >= 4 is 9.84 Å². The highest BCUT2D eigenvalue weighted by molar-refractivity contribution is 7.92. The monoisotopic (exact) mass is 313 g/mol. The van der Waals surface area contributed by atoms with Crippen molar-refractivity contribution in [1.82, 2.24) is 0 Å². The number of rotatable bonds is 5. The summed E-state index contributed by atoms with van der Waals surface area (Å²) in [5.74, 6) is 1.09. The Bertz CT molecular complexity index is 659. The van der Waals surface area contributed by atoms with Crippen molar-refractivity contribution in [3.63, 3.8) is 0 Å². The molecule has 1 saturated carbocycles. The SMILES string of the molecule is CCS(=O)(=O)[C@H]1[C@H](c2ccc3c(c2)OCO3)[C@@]1(N)COC. The van der Waals surface area contributed by atoms with E-state index < -0.39 is 20.6 Å². The van der Waals surface area contributed by atoms with E-state index in [9.17, 15) is 8.42 Å². The van der Waals surface area contributed by atoms with E-state index in [4.69, 9.17) is 19.9 Å². The van der Waals surface area contributed by atoms with Crippen molar-refractivity contribution in [3.8, 4) is 11.5 Å². The highest BCUT2D eigenvalue weighted by atomic mass is 32.2. The van der Waals surface area contributed by atoms with Crippen molar-refractivity contribution < 1.29 is 22.6 Å². The van der Waals surface area contributed by atoms with Crippen LogP contribution < -0.4 is 15.2 Å². The topological polar surface area (TPSA) is 87.9 Å². The van der Waals surface area contributed by atoms with E-state index in [0.717, 1.165) is 5.56 Å². The summed E-state index contributed by atoms with van der Waals surface area (Å²) in [6.07, 6.45) is 0. The lowest BCUT2D eigenvalue weighted by Gasteiger charge is -2.10. The molecule has 3 rings (SSSR count). The number of fused-ring (bicyclic) bond motifs is 1. The van der Waals surface area contributed by atoms with E-state index in [-0.39, 0.29) is 25.1 Å². The molecule has 1 aromatic rings. The lowest BCUT2D eigenvalue weighted by Crippen LogP contribution is -2.36. The summed E-state index contributed by atoms with van der Waals surface area (Å²) in [7, 11) is -1.72. The van der Waals surface area contributed by atoms with Crippen LogP contribution in [0.15, 0.2) is 18.2 Å². The van der Waals surface area contributed by atoms with Crippen LogP contribution in [-0.2, 0) is 14.6 Å². The van der Waals surface area contributed by atoms with Crippen molar-refractivity contribution in [2.75, 3.05) is 26.3 Å². The smallest absolute Gasteiger partial charge is 0.231 e. The van der Waals surface area contributed by atoms with E-state index >= 15 is 0 Å². The molecule has 1 fully saturated rings. The highest BCUT2D eigenvalue weighted by Gasteiger charge is 2.68. The maximum Gasteiger partial charge on any atom is 0.231 e. The molecule has 21 heavy (non-hydrogen) atoms. The minimum absolute atomic E-state index is 0.0708. The largest absolute Gasteiger partial charge is 0.454 e. The summed E-state index contributed by atoms with van der Waals surface area (Å²) in [5.41, 5.74) is 6.28. The fourth-order valence-corrected chi connectivity index (χ4v) is 5.15. The molecule has 0 aromatic heterocycles. The summed E-state index contributed by atoms with van der Waals surface area (Å²) in [4.78, 5) is 0. The summed E-state index contributed by atoms with van der Waals surface area (Å²) in [6.45, 7) is 2.03. The van der Waals surface area contributed by atoms with E-state index in [1.54, 1.807) is 13.0 Å². The quantitative estimate of drug-likeness (QED) is 0.859. The van der Waals surface area contributed by atoms with Gasteiger partial charge in [-0.3, -0.25) is 0 Å². The number of methoxy groups -OCH3 is 1. The van der Waals surface area contributed by atoms with Gasteiger partial charge in [-0.1, -0.05) is 13.0 Å². The number of nitrogens with two attached hydrogens (primary N) is 1. The van der Waals surface area contributed by atoms with E-state index in [0.29, 0.717) is 11.5 Å². The summed E-state index contributed by atoms with van der Waals surface area (Å²) in [6, 6.07) is 5.45. The summed E-state index contributed by atoms with van der Waals surface area (Å²) < 4.78 is 40.3. The van der Waals surface area contributed by atoms with Gasteiger partial charge in [-0.15, -0.1) is 0 Å². The third kappa shape index (κ3) is 2.20. The number of hydrogen-bond acceptors (Lipinski definition) is 6. The van der Waals surface area contributed by atoms with Crippen LogP contribution in [0.2, 0.25) is 0 Å². The van der Waals surface area contributed by atoms with Crippen LogP contribution >= 0.6 is 0 Å². The Morgan fingerprint density at radius 2 is 2.10 bits per heavy atom. The molecule has 6 nitrogen and oxygen atoms in total. The predicted molar refractivity (Wildman–Crippen MR) is 77.3 cm³/mol. The average molecular weight is 313 g/mol. The molecule has 1 aliphatic carbocycles. The van der Waals surface area contributed by atoms with Crippen LogP contribution in [0.25, 0.3) is 0 Å². The Kier molecular flexibility index (Phi) is 3.38. The molecule has 7 heteroatoms. The first-order chi connectivity index (χ1) is 9.94. The first-order valence-corrected chi connectivity index (χ1v) is 8.54. The molecule has 116 valence electrons. The minimum Gasteiger partial charge on any atom is -0.454 e. The Labute approximate surface area is 124 Å².